The monoisotopic (exact) mass is 167 g/mol. The number of hydrogen-bond donors (Lipinski definition) is 1. The minimum atomic E-state index is -2.10. The van der Waals surface area contributed by atoms with Crippen LogP contribution in [0.25, 0.3) is 0 Å². The van der Waals surface area contributed by atoms with Gasteiger partial charge in [0.15, 0.2) is 5.54 Å². The molecule has 0 aliphatic heterocycles. The zero-order valence-electron chi connectivity index (χ0n) is 6.27. The fourth-order valence-electron chi connectivity index (χ4n) is 0.420. The van der Waals surface area contributed by atoms with E-state index in [0.717, 1.165) is 0 Å². The summed E-state index contributed by atoms with van der Waals surface area (Å²) in [6.07, 6.45) is 0. The first-order chi connectivity index (χ1) is 5.10. The SMILES string of the molecule is CCOC(=O)C(N)(CF)CF. The molecule has 11 heavy (non-hydrogen) atoms. The van der Waals surface area contributed by atoms with Crippen LogP contribution in [0.4, 0.5) is 8.78 Å². The lowest BCUT2D eigenvalue weighted by Gasteiger charge is -2.19. The number of carbonyl (C=O) groups is 1. The molecule has 0 rings (SSSR count). The molecule has 0 aromatic rings. The standard InChI is InChI=1S/C6H11F2NO2/c1-2-11-5(10)6(9,3-7)4-8/h2-4,9H2,1H3. The maximum absolute atomic E-state index is 12.0. The zero-order valence-corrected chi connectivity index (χ0v) is 6.27. The molecule has 0 amide bonds. The molecule has 2 N–H and O–H groups in total. The van der Waals surface area contributed by atoms with Gasteiger partial charge in [-0.2, -0.15) is 0 Å². The quantitative estimate of drug-likeness (QED) is 0.608. The van der Waals surface area contributed by atoms with E-state index in [9.17, 15) is 13.6 Å². The van der Waals surface area contributed by atoms with E-state index in [1.165, 1.54) is 6.92 Å². The zero-order chi connectivity index (χ0) is 8.91. The third-order valence-corrected chi connectivity index (χ3v) is 1.16. The van der Waals surface area contributed by atoms with Crippen LogP contribution in [0.2, 0.25) is 0 Å². The summed E-state index contributed by atoms with van der Waals surface area (Å²) in [5.41, 5.74) is 2.90. The average molecular weight is 167 g/mol. The Morgan fingerprint density at radius 1 is 1.55 bits per heavy atom. The molecule has 5 heteroatoms. The summed E-state index contributed by atoms with van der Waals surface area (Å²) in [6, 6.07) is 0. The van der Waals surface area contributed by atoms with Crippen molar-refractivity contribution in [2.24, 2.45) is 5.73 Å². The minimum absolute atomic E-state index is 0.0672. The van der Waals surface area contributed by atoms with Crippen LogP contribution in [0, 0.1) is 0 Å². The number of alkyl halides is 2. The first-order valence-electron chi connectivity index (χ1n) is 3.18. The first kappa shape index (κ1) is 10.3. The van der Waals surface area contributed by atoms with E-state index in [-0.39, 0.29) is 6.61 Å². The van der Waals surface area contributed by atoms with E-state index in [4.69, 9.17) is 5.73 Å². The van der Waals surface area contributed by atoms with Gasteiger partial charge in [0.1, 0.15) is 13.3 Å². The van der Waals surface area contributed by atoms with Crippen molar-refractivity contribution < 1.29 is 18.3 Å². The molecule has 0 aliphatic rings. The number of rotatable bonds is 4. The molecule has 0 saturated heterocycles. The second-order valence-corrected chi connectivity index (χ2v) is 2.14. The number of halogens is 2. The fraction of sp³-hybridized carbons (Fsp3) is 0.833. The summed E-state index contributed by atoms with van der Waals surface area (Å²) >= 11 is 0. The normalized spacial score (nSPS) is 11.3. The van der Waals surface area contributed by atoms with Crippen LogP contribution in [-0.2, 0) is 9.53 Å². The summed E-state index contributed by atoms with van der Waals surface area (Å²) in [6.45, 7) is -0.892. The maximum Gasteiger partial charge on any atom is 0.331 e. The van der Waals surface area contributed by atoms with Gasteiger partial charge in [-0.05, 0) is 6.92 Å². The van der Waals surface area contributed by atoms with Crippen molar-refractivity contribution >= 4 is 5.97 Å². The second kappa shape index (κ2) is 4.23. The smallest absolute Gasteiger partial charge is 0.331 e. The van der Waals surface area contributed by atoms with Crippen LogP contribution in [0.1, 0.15) is 6.92 Å². The van der Waals surface area contributed by atoms with Gasteiger partial charge in [0.2, 0.25) is 0 Å². The van der Waals surface area contributed by atoms with Gasteiger partial charge in [0.25, 0.3) is 0 Å². The van der Waals surface area contributed by atoms with E-state index >= 15 is 0 Å². The first-order valence-corrected chi connectivity index (χ1v) is 3.18. The lowest BCUT2D eigenvalue weighted by molar-refractivity contribution is -0.151. The molecule has 0 atom stereocenters. The van der Waals surface area contributed by atoms with Crippen molar-refractivity contribution in [3.63, 3.8) is 0 Å². The molecule has 0 bridgehead atoms. The third-order valence-electron chi connectivity index (χ3n) is 1.16. The Balaban J connectivity index is 4.12. The van der Waals surface area contributed by atoms with Crippen LogP contribution in [0.5, 0.6) is 0 Å². The summed E-state index contributed by atoms with van der Waals surface area (Å²) in [5, 5.41) is 0. The van der Waals surface area contributed by atoms with Crippen molar-refractivity contribution in [1.82, 2.24) is 0 Å². The second-order valence-electron chi connectivity index (χ2n) is 2.14. The Bertz CT molecular complexity index is 137. The van der Waals surface area contributed by atoms with Crippen LogP contribution in [0.3, 0.4) is 0 Å². The maximum atomic E-state index is 12.0. The van der Waals surface area contributed by atoms with Crippen molar-refractivity contribution in [3.05, 3.63) is 0 Å². The predicted molar refractivity (Wildman–Crippen MR) is 35.5 cm³/mol. The van der Waals surface area contributed by atoms with Gasteiger partial charge in [-0.15, -0.1) is 0 Å². The largest absolute Gasteiger partial charge is 0.464 e. The van der Waals surface area contributed by atoms with Gasteiger partial charge < -0.3 is 10.5 Å². The van der Waals surface area contributed by atoms with Gasteiger partial charge in [-0.1, -0.05) is 0 Å². The van der Waals surface area contributed by atoms with Crippen molar-refractivity contribution in [3.8, 4) is 0 Å². The average Bonchev–Trinajstić information content (AvgIpc) is 2.03. The molecule has 66 valence electrons. The van der Waals surface area contributed by atoms with Gasteiger partial charge in [0.05, 0.1) is 6.61 Å². The molecule has 0 radical (unpaired) electrons. The lowest BCUT2D eigenvalue weighted by Crippen LogP contribution is -2.53. The highest BCUT2D eigenvalue weighted by atomic mass is 19.1. The van der Waals surface area contributed by atoms with Crippen molar-refractivity contribution in [1.29, 1.82) is 0 Å². The molecule has 0 saturated carbocycles. The molecule has 0 aromatic heterocycles. The van der Waals surface area contributed by atoms with E-state index in [0.29, 0.717) is 0 Å². The Morgan fingerprint density at radius 3 is 2.27 bits per heavy atom. The summed E-state index contributed by atoms with van der Waals surface area (Å²) < 4.78 is 28.2. The highest BCUT2D eigenvalue weighted by Crippen LogP contribution is 2.05. The molecule has 3 nitrogen and oxygen atoms in total. The third kappa shape index (κ3) is 2.42. The van der Waals surface area contributed by atoms with Gasteiger partial charge in [-0.25, -0.2) is 13.6 Å². The van der Waals surface area contributed by atoms with E-state index in [1.807, 2.05) is 0 Å². The molecule has 0 unspecified atom stereocenters. The molecule has 0 fully saturated rings. The van der Waals surface area contributed by atoms with Crippen molar-refractivity contribution in [2.75, 3.05) is 20.0 Å². The fourth-order valence-corrected chi connectivity index (χ4v) is 0.420. The van der Waals surface area contributed by atoms with Crippen LogP contribution in [-0.4, -0.2) is 31.5 Å². The van der Waals surface area contributed by atoms with Crippen LogP contribution >= 0.6 is 0 Å². The Kier molecular flexibility index (Phi) is 3.95. The van der Waals surface area contributed by atoms with E-state index in [2.05, 4.69) is 4.74 Å². The number of ether oxygens (including phenoxy) is 1. The van der Waals surface area contributed by atoms with Crippen LogP contribution in [0.15, 0.2) is 0 Å². The summed E-state index contributed by atoms with van der Waals surface area (Å²) in [5.74, 6) is -1.04. The van der Waals surface area contributed by atoms with Crippen LogP contribution < -0.4 is 5.73 Å². The Labute approximate surface area is 63.5 Å². The number of nitrogens with two attached hydrogens (primary N) is 1. The molecule has 0 heterocycles. The van der Waals surface area contributed by atoms with Gasteiger partial charge in [-0.3, -0.25) is 0 Å². The molecular weight excluding hydrogens is 156 g/mol. The van der Waals surface area contributed by atoms with Gasteiger partial charge in [0, 0.05) is 0 Å². The molecular formula is C6H11F2NO2. The molecule has 0 aliphatic carbocycles. The molecule has 0 spiro atoms. The lowest BCUT2D eigenvalue weighted by atomic mass is 10.1. The van der Waals surface area contributed by atoms with E-state index < -0.39 is 24.9 Å². The number of hydrogen-bond acceptors (Lipinski definition) is 3. The summed E-state index contributed by atoms with van der Waals surface area (Å²) in [4.78, 5) is 10.7. The van der Waals surface area contributed by atoms with E-state index in [1.54, 1.807) is 0 Å². The predicted octanol–water partition coefficient (Wildman–Crippen LogP) is 0.186. The number of esters is 1. The minimum Gasteiger partial charge on any atom is -0.464 e. The Hall–Kier alpha value is -0.710. The Morgan fingerprint density at radius 2 is 2.00 bits per heavy atom. The highest BCUT2D eigenvalue weighted by Gasteiger charge is 2.36. The molecule has 0 aromatic carbocycles. The van der Waals surface area contributed by atoms with Gasteiger partial charge >= 0.3 is 5.97 Å². The number of carbonyl (C=O) groups excluding carboxylic acids is 1. The summed E-state index contributed by atoms with van der Waals surface area (Å²) in [7, 11) is 0. The topological polar surface area (TPSA) is 52.3 Å². The van der Waals surface area contributed by atoms with Crippen molar-refractivity contribution in [2.45, 2.75) is 12.5 Å². The highest BCUT2D eigenvalue weighted by molar-refractivity contribution is 5.80.